The van der Waals surface area contributed by atoms with Gasteiger partial charge < -0.3 is 9.88 Å². The van der Waals surface area contributed by atoms with Gasteiger partial charge in [0.25, 0.3) is 0 Å². The predicted molar refractivity (Wildman–Crippen MR) is 68.6 cm³/mol. The second kappa shape index (κ2) is 4.45. The summed E-state index contributed by atoms with van der Waals surface area (Å²) in [7, 11) is 2.11. The van der Waals surface area contributed by atoms with Crippen molar-refractivity contribution >= 4 is 0 Å². The number of aryl methyl sites for hydroxylation is 1. The molecule has 0 radical (unpaired) electrons. The summed E-state index contributed by atoms with van der Waals surface area (Å²) in [6, 6.07) is 0.475. The van der Waals surface area contributed by atoms with Gasteiger partial charge in [-0.05, 0) is 50.0 Å². The van der Waals surface area contributed by atoms with Crippen molar-refractivity contribution in [3.63, 3.8) is 0 Å². The molecule has 3 rings (SSSR count). The van der Waals surface area contributed by atoms with Crippen LogP contribution in [-0.4, -0.2) is 16.1 Å². The lowest BCUT2D eigenvalue weighted by atomic mass is 9.93. The monoisotopic (exact) mass is 233 g/mol. The van der Waals surface area contributed by atoms with E-state index < -0.39 is 0 Å². The maximum atomic E-state index is 4.55. The normalized spacial score (nSPS) is 32.5. The maximum Gasteiger partial charge on any atom is 0.125 e. The van der Waals surface area contributed by atoms with E-state index in [-0.39, 0.29) is 0 Å². The largest absolute Gasteiger partial charge is 0.337 e. The molecule has 0 aromatic carbocycles. The predicted octanol–water partition coefficient (Wildman–Crippen LogP) is 2.51. The second-order valence-electron chi connectivity index (χ2n) is 5.82. The van der Waals surface area contributed by atoms with Crippen molar-refractivity contribution < 1.29 is 0 Å². The van der Waals surface area contributed by atoms with Gasteiger partial charge >= 0.3 is 0 Å². The average Bonchev–Trinajstić information content (AvgIpc) is 2.74. The molecule has 1 aromatic heterocycles. The molecule has 0 amide bonds. The smallest absolute Gasteiger partial charge is 0.125 e. The lowest BCUT2D eigenvalue weighted by Crippen LogP contribution is -2.30. The molecule has 2 aliphatic carbocycles. The fourth-order valence-electron chi connectivity index (χ4n) is 3.48. The van der Waals surface area contributed by atoms with Crippen LogP contribution in [0.3, 0.4) is 0 Å². The molecule has 0 spiro atoms. The van der Waals surface area contributed by atoms with Crippen LogP contribution in [0.4, 0.5) is 0 Å². The van der Waals surface area contributed by atoms with Crippen LogP contribution in [0, 0.1) is 17.8 Å². The number of hydrogen-bond acceptors (Lipinski definition) is 2. The quantitative estimate of drug-likeness (QED) is 0.847. The first kappa shape index (κ1) is 11.3. The van der Waals surface area contributed by atoms with E-state index in [0.717, 1.165) is 24.3 Å². The molecule has 2 saturated carbocycles. The van der Waals surface area contributed by atoms with E-state index in [1.54, 1.807) is 0 Å². The number of aromatic nitrogens is 2. The van der Waals surface area contributed by atoms with E-state index in [9.17, 15) is 0 Å². The van der Waals surface area contributed by atoms with E-state index in [2.05, 4.69) is 35.0 Å². The Bertz CT molecular complexity index is 375. The molecule has 3 nitrogen and oxygen atoms in total. The number of nitrogens with one attached hydrogen (secondary N) is 1. The SMILES string of the molecule is CCCNC(c1nccn1C)C1CC2CC2C1. The summed E-state index contributed by atoms with van der Waals surface area (Å²) in [6.45, 7) is 3.33. The summed E-state index contributed by atoms with van der Waals surface area (Å²) < 4.78 is 2.18. The second-order valence-corrected chi connectivity index (χ2v) is 5.82. The van der Waals surface area contributed by atoms with Gasteiger partial charge in [-0.2, -0.15) is 0 Å². The molecule has 2 aliphatic rings. The molecule has 17 heavy (non-hydrogen) atoms. The van der Waals surface area contributed by atoms with Crippen molar-refractivity contribution in [2.24, 2.45) is 24.8 Å². The summed E-state index contributed by atoms with van der Waals surface area (Å²) in [4.78, 5) is 4.55. The number of imidazole rings is 1. The Labute approximate surface area is 104 Å². The van der Waals surface area contributed by atoms with Gasteiger partial charge in [-0.15, -0.1) is 0 Å². The fourth-order valence-corrected chi connectivity index (χ4v) is 3.48. The molecule has 1 aromatic rings. The third kappa shape index (κ3) is 2.13. The highest BCUT2D eigenvalue weighted by atomic mass is 15.1. The Hall–Kier alpha value is -0.830. The Morgan fingerprint density at radius 3 is 2.76 bits per heavy atom. The minimum Gasteiger partial charge on any atom is -0.337 e. The van der Waals surface area contributed by atoms with Crippen LogP contribution < -0.4 is 5.32 Å². The highest BCUT2D eigenvalue weighted by Gasteiger charge is 2.48. The average molecular weight is 233 g/mol. The summed E-state index contributed by atoms with van der Waals surface area (Å²) in [5, 5.41) is 3.71. The van der Waals surface area contributed by atoms with Crippen molar-refractivity contribution in [2.75, 3.05) is 6.54 Å². The van der Waals surface area contributed by atoms with Gasteiger partial charge in [0.05, 0.1) is 6.04 Å². The molecular weight excluding hydrogens is 210 g/mol. The van der Waals surface area contributed by atoms with Crippen molar-refractivity contribution in [1.29, 1.82) is 0 Å². The van der Waals surface area contributed by atoms with Crippen molar-refractivity contribution in [3.05, 3.63) is 18.2 Å². The Balaban J connectivity index is 1.74. The first-order valence-corrected chi connectivity index (χ1v) is 7.00. The summed E-state index contributed by atoms with van der Waals surface area (Å²) >= 11 is 0. The summed E-state index contributed by atoms with van der Waals surface area (Å²) in [5.74, 6) is 4.13. The van der Waals surface area contributed by atoms with Crippen LogP contribution in [0.5, 0.6) is 0 Å². The van der Waals surface area contributed by atoms with Gasteiger partial charge in [-0.25, -0.2) is 4.98 Å². The number of fused-ring (bicyclic) bond motifs is 1. The lowest BCUT2D eigenvalue weighted by molar-refractivity contribution is 0.324. The molecular formula is C14H23N3. The van der Waals surface area contributed by atoms with E-state index in [4.69, 9.17) is 0 Å². The Morgan fingerprint density at radius 1 is 1.41 bits per heavy atom. The van der Waals surface area contributed by atoms with Gasteiger partial charge in [-0.1, -0.05) is 6.92 Å². The van der Waals surface area contributed by atoms with E-state index >= 15 is 0 Å². The van der Waals surface area contributed by atoms with Gasteiger partial charge in [0.1, 0.15) is 5.82 Å². The molecule has 94 valence electrons. The van der Waals surface area contributed by atoms with Crippen LogP contribution in [0.2, 0.25) is 0 Å². The van der Waals surface area contributed by atoms with Crippen LogP contribution in [-0.2, 0) is 7.05 Å². The number of hydrogen-bond donors (Lipinski definition) is 1. The van der Waals surface area contributed by atoms with Crippen LogP contribution in [0.25, 0.3) is 0 Å². The zero-order valence-electron chi connectivity index (χ0n) is 10.9. The number of nitrogens with zero attached hydrogens (tertiary/aromatic N) is 2. The highest BCUT2D eigenvalue weighted by Crippen LogP contribution is 2.56. The van der Waals surface area contributed by atoms with E-state index in [1.165, 1.54) is 31.5 Å². The molecule has 3 unspecified atom stereocenters. The Kier molecular flexibility index (Phi) is 2.95. The van der Waals surface area contributed by atoms with Gasteiger partial charge in [-0.3, -0.25) is 0 Å². The zero-order valence-corrected chi connectivity index (χ0v) is 10.9. The third-order valence-electron chi connectivity index (χ3n) is 4.50. The van der Waals surface area contributed by atoms with Crippen LogP contribution in [0.1, 0.15) is 44.5 Å². The molecule has 0 bridgehead atoms. The molecule has 3 atom stereocenters. The van der Waals surface area contributed by atoms with Crippen LogP contribution >= 0.6 is 0 Å². The molecule has 0 saturated heterocycles. The summed E-state index contributed by atoms with van der Waals surface area (Å²) in [6.07, 6.45) is 9.51. The van der Waals surface area contributed by atoms with Crippen molar-refractivity contribution in [1.82, 2.24) is 14.9 Å². The lowest BCUT2D eigenvalue weighted by Gasteiger charge is -2.25. The van der Waals surface area contributed by atoms with Gasteiger partial charge in [0.15, 0.2) is 0 Å². The van der Waals surface area contributed by atoms with E-state index in [1.807, 2.05) is 6.20 Å². The number of rotatable bonds is 5. The van der Waals surface area contributed by atoms with Crippen molar-refractivity contribution in [2.45, 2.75) is 38.6 Å². The molecule has 3 heteroatoms. The minimum absolute atomic E-state index is 0.475. The Morgan fingerprint density at radius 2 is 2.18 bits per heavy atom. The van der Waals surface area contributed by atoms with Gasteiger partial charge in [0.2, 0.25) is 0 Å². The molecule has 0 aliphatic heterocycles. The topological polar surface area (TPSA) is 29.9 Å². The third-order valence-corrected chi connectivity index (χ3v) is 4.50. The minimum atomic E-state index is 0.475. The zero-order chi connectivity index (χ0) is 11.8. The molecule has 2 fully saturated rings. The van der Waals surface area contributed by atoms with E-state index in [0.29, 0.717) is 6.04 Å². The standard InChI is InChI=1S/C14H23N3/c1-3-4-15-13(14-16-5-6-17(14)2)12-8-10-7-11(10)9-12/h5-6,10-13,15H,3-4,7-9H2,1-2H3. The first-order valence-electron chi connectivity index (χ1n) is 7.00. The van der Waals surface area contributed by atoms with Crippen molar-refractivity contribution in [3.8, 4) is 0 Å². The summed E-state index contributed by atoms with van der Waals surface area (Å²) in [5.41, 5.74) is 0. The first-order chi connectivity index (χ1) is 8.29. The fraction of sp³-hybridized carbons (Fsp3) is 0.786. The maximum absolute atomic E-state index is 4.55. The molecule has 1 N–H and O–H groups in total. The van der Waals surface area contributed by atoms with Crippen LogP contribution in [0.15, 0.2) is 12.4 Å². The molecule has 1 heterocycles. The van der Waals surface area contributed by atoms with Gasteiger partial charge in [0, 0.05) is 19.4 Å². The highest BCUT2D eigenvalue weighted by molar-refractivity contribution is 5.07.